The molecule has 0 amide bonds. The molecule has 0 aliphatic carbocycles. The number of rotatable bonds is 0. The number of benzene rings is 2. The van der Waals surface area contributed by atoms with Crippen molar-refractivity contribution >= 4 is 21.5 Å². The van der Waals surface area contributed by atoms with E-state index in [1.807, 2.05) is 42.5 Å². The smallest absolute Gasteiger partial charge is 0.343 e. The second-order valence-electron chi connectivity index (χ2n) is 3.46. The van der Waals surface area contributed by atoms with Crippen LogP contribution in [-0.4, -0.2) is 0 Å². The maximum absolute atomic E-state index is 11.5. The minimum atomic E-state index is -0.279. The van der Waals surface area contributed by atoms with Crippen molar-refractivity contribution < 1.29 is 4.42 Å². The first-order valence-electron chi connectivity index (χ1n) is 4.75. The number of hydrogen-bond donors (Lipinski definition) is 0. The lowest BCUT2D eigenvalue weighted by atomic mass is 10.0. The Labute approximate surface area is 85.8 Å². The summed E-state index contributed by atoms with van der Waals surface area (Å²) in [6, 6.07) is 13.6. The summed E-state index contributed by atoms with van der Waals surface area (Å²) in [4.78, 5) is 11.5. The monoisotopic (exact) mass is 196 g/mol. The van der Waals surface area contributed by atoms with Gasteiger partial charge in [0, 0.05) is 0 Å². The summed E-state index contributed by atoms with van der Waals surface area (Å²) in [6.07, 6.45) is 1.44. The van der Waals surface area contributed by atoms with Crippen molar-refractivity contribution in [2.75, 3.05) is 0 Å². The molecule has 0 radical (unpaired) electrons. The molecule has 15 heavy (non-hydrogen) atoms. The van der Waals surface area contributed by atoms with Gasteiger partial charge in [0.25, 0.3) is 0 Å². The van der Waals surface area contributed by atoms with Gasteiger partial charge in [0.05, 0.1) is 11.6 Å². The first-order valence-corrected chi connectivity index (χ1v) is 4.75. The normalized spacial score (nSPS) is 10.9. The van der Waals surface area contributed by atoms with E-state index in [-0.39, 0.29) is 5.63 Å². The van der Waals surface area contributed by atoms with Crippen molar-refractivity contribution in [2.24, 2.45) is 0 Å². The van der Waals surface area contributed by atoms with Gasteiger partial charge in [-0.1, -0.05) is 30.3 Å². The van der Waals surface area contributed by atoms with E-state index in [2.05, 4.69) is 0 Å². The van der Waals surface area contributed by atoms with E-state index in [9.17, 15) is 4.79 Å². The molecule has 2 nitrogen and oxygen atoms in total. The molecule has 2 heteroatoms. The molecule has 2 aromatic carbocycles. The van der Waals surface area contributed by atoms with Gasteiger partial charge in [0.2, 0.25) is 0 Å². The van der Waals surface area contributed by atoms with E-state index in [4.69, 9.17) is 4.42 Å². The van der Waals surface area contributed by atoms with Crippen LogP contribution in [0.25, 0.3) is 21.5 Å². The third kappa shape index (κ3) is 1.15. The molecule has 0 saturated heterocycles. The fourth-order valence-electron chi connectivity index (χ4n) is 1.88. The van der Waals surface area contributed by atoms with Gasteiger partial charge in [-0.25, -0.2) is 4.79 Å². The van der Waals surface area contributed by atoms with Gasteiger partial charge >= 0.3 is 5.63 Å². The van der Waals surface area contributed by atoms with Crippen molar-refractivity contribution in [3.05, 3.63) is 59.1 Å². The Bertz CT molecular complexity index is 695. The predicted octanol–water partition coefficient (Wildman–Crippen LogP) is 2.95. The van der Waals surface area contributed by atoms with Gasteiger partial charge in [0.1, 0.15) is 0 Å². The highest BCUT2D eigenvalue weighted by Crippen LogP contribution is 2.22. The molecule has 0 unspecified atom stereocenters. The third-order valence-electron chi connectivity index (χ3n) is 2.60. The summed E-state index contributed by atoms with van der Waals surface area (Å²) in [5.41, 5.74) is -0.279. The Morgan fingerprint density at radius 1 is 0.800 bits per heavy atom. The Hall–Kier alpha value is -2.09. The highest BCUT2D eigenvalue weighted by molar-refractivity contribution is 6.06. The molecule has 3 rings (SSSR count). The minimum absolute atomic E-state index is 0.279. The van der Waals surface area contributed by atoms with Crippen LogP contribution in [0, 0.1) is 0 Å². The van der Waals surface area contributed by atoms with Crippen molar-refractivity contribution in [2.45, 2.75) is 0 Å². The van der Waals surface area contributed by atoms with Gasteiger partial charge in [-0.15, -0.1) is 0 Å². The summed E-state index contributed by atoms with van der Waals surface area (Å²) >= 11 is 0. The molecule has 0 spiro atoms. The van der Waals surface area contributed by atoms with Crippen LogP contribution in [0.2, 0.25) is 0 Å². The molecule has 0 atom stereocenters. The fourth-order valence-corrected chi connectivity index (χ4v) is 1.88. The molecule has 0 bridgehead atoms. The van der Waals surface area contributed by atoms with Gasteiger partial charge in [-0.2, -0.15) is 0 Å². The minimum Gasteiger partial charge on any atom is -0.431 e. The highest BCUT2D eigenvalue weighted by atomic mass is 16.4. The maximum atomic E-state index is 11.5. The zero-order valence-corrected chi connectivity index (χ0v) is 7.94. The van der Waals surface area contributed by atoms with E-state index in [0.29, 0.717) is 5.39 Å². The van der Waals surface area contributed by atoms with E-state index < -0.39 is 0 Å². The van der Waals surface area contributed by atoms with E-state index in [1.54, 1.807) is 0 Å². The van der Waals surface area contributed by atoms with Crippen LogP contribution in [0.3, 0.4) is 0 Å². The average molecular weight is 196 g/mol. The first kappa shape index (κ1) is 8.24. The summed E-state index contributed by atoms with van der Waals surface area (Å²) in [5, 5.41) is 3.80. The van der Waals surface area contributed by atoms with Crippen molar-refractivity contribution in [1.82, 2.24) is 0 Å². The van der Waals surface area contributed by atoms with Crippen LogP contribution in [0.15, 0.2) is 57.9 Å². The summed E-state index contributed by atoms with van der Waals surface area (Å²) in [7, 11) is 0. The molecule has 0 aliphatic heterocycles. The zero-order valence-electron chi connectivity index (χ0n) is 7.94. The standard InChI is InChI=1S/C13H8O2/c14-13-12-6-5-9-3-1-2-4-10(9)11(12)7-8-15-13/h1-8H. The summed E-state index contributed by atoms with van der Waals surface area (Å²) in [6.45, 7) is 0. The molecule has 0 fully saturated rings. The Morgan fingerprint density at radius 2 is 1.67 bits per heavy atom. The van der Waals surface area contributed by atoms with Crippen LogP contribution >= 0.6 is 0 Å². The number of fused-ring (bicyclic) bond motifs is 3. The molecule has 72 valence electrons. The van der Waals surface area contributed by atoms with E-state index in [1.165, 1.54) is 6.26 Å². The van der Waals surface area contributed by atoms with Gasteiger partial charge in [0.15, 0.2) is 0 Å². The second-order valence-corrected chi connectivity index (χ2v) is 3.46. The molecule has 0 N–H and O–H groups in total. The quantitative estimate of drug-likeness (QED) is 0.517. The van der Waals surface area contributed by atoms with Gasteiger partial charge < -0.3 is 4.42 Å². The highest BCUT2D eigenvalue weighted by Gasteiger charge is 2.02. The van der Waals surface area contributed by atoms with Gasteiger partial charge in [-0.3, -0.25) is 0 Å². The Balaban J connectivity index is 2.67. The second kappa shape index (κ2) is 2.95. The van der Waals surface area contributed by atoms with Crippen LogP contribution < -0.4 is 5.63 Å². The zero-order chi connectivity index (χ0) is 10.3. The lowest BCUT2D eigenvalue weighted by Crippen LogP contribution is -1.97. The van der Waals surface area contributed by atoms with Crippen LogP contribution in [-0.2, 0) is 0 Å². The SMILES string of the molecule is O=c1occc2c1ccc1ccccc12. The van der Waals surface area contributed by atoms with Crippen LogP contribution in [0.1, 0.15) is 0 Å². The third-order valence-corrected chi connectivity index (χ3v) is 2.60. The molecule has 3 aromatic rings. The molecule has 1 heterocycles. The van der Waals surface area contributed by atoms with Crippen LogP contribution in [0.5, 0.6) is 0 Å². The lowest BCUT2D eigenvalue weighted by Gasteiger charge is -2.01. The first-order chi connectivity index (χ1) is 7.36. The molecular formula is C13H8O2. The maximum Gasteiger partial charge on any atom is 0.343 e. The predicted molar refractivity (Wildman–Crippen MR) is 60.0 cm³/mol. The summed E-state index contributed by atoms with van der Waals surface area (Å²) in [5.74, 6) is 0. The van der Waals surface area contributed by atoms with E-state index >= 15 is 0 Å². The molecule has 0 aliphatic rings. The topological polar surface area (TPSA) is 30.2 Å². The Kier molecular flexibility index (Phi) is 1.62. The van der Waals surface area contributed by atoms with Crippen molar-refractivity contribution in [1.29, 1.82) is 0 Å². The van der Waals surface area contributed by atoms with Crippen LogP contribution in [0.4, 0.5) is 0 Å². The van der Waals surface area contributed by atoms with Gasteiger partial charge in [-0.05, 0) is 28.3 Å². The lowest BCUT2D eigenvalue weighted by molar-refractivity contribution is 0.519. The molecular weight excluding hydrogens is 188 g/mol. The van der Waals surface area contributed by atoms with Crippen molar-refractivity contribution in [3.63, 3.8) is 0 Å². The number of hydrogen-bond acceptors (Lipinski definition) is 2. The Morgan fingerprint density at radius 3 is 2.60 bits per heavy atom. The molecule has 1 aromatic heterocycles. The molecule has 0 saturated carbocycles. The average Bonchev–Trinajstić information content (AvgIpc) is 2.29. The van der Waals surface area contributed by atoms with E-state index in [0.717, 1.165) is 16.2 Å². The largest absolute Gasteiger partial charge is 0.431 e. The fraction of sp³-hybridized carbons (Fsp3) is 0. The van der Waals surface area contributed by atoms with Crippen molar-refractivity contribution in [3.8, 4) is 0 Å². The summed E-state index contributed by atoms with van der Waals surface area (Å²) < 4.78 is 4.83.